The average molecular weight is 348 g/mol. The van der Waals surface area contributed by atoms with Gasteiger partial charge in [-0.15, -0.1) is 13.2 Å². The summed E-state index contributed by atoms with van der Waals surface area (Å²) in [5, 5.41) is 0. The molecule has 0 amide bonds. The van der Waals surface area contributed by atoms with E-state index in [1.165, 1.54) is 0 Å². The van der Waals surface area contributed by atoms with Crippen molar-refractivity contribution in [2.24, 2.45) is 0 Å². The lowest BCUT2D eigenvalue weighted by Gasteiger charge is -2.08. The molecule has 0 N–H and O–H groups in total. The molecule has 0 bridgehead atoms. The predicted molar refractivity (Wildman–Crippen MR) is 45.8 cm³/mol. The smallest absolute Gasteiger partial charge is 0.282 e. The standard InChI is InChI=1S/C3H2F6O.C3H5F3.C2HF3/c4-2(5,6)1-10-3(7,8)9;1-2-3(4,5)6;3-1-2(4)5/h1H2;2H2,1H3;1H. The zero-order valence-corrected chi connectivity index (χ0v) is 9.94. The summed E-state index contributed by atoms with van der Waals surface area (Å²) >= 11 is 0. The molecule has 0 saturated heterocycles. The van der Waals surface area contributed by atoms with Crippen LogP contribution >= 0.6 is 0 Å². The molecule has 0 aromatic rings. The Kier molecular flexibility index (Phi) is 12.5. The van der Waals surface area contributed by atoms with E-state index in [1.54, 1.807) is 0 Å². The van der Waals surface area contributed by atoms with Crippen molar-refractivity contribution in [2.45, 2.75) is 32.1 Å². The molecule has 0 spiro atoms. The Morgan fingerprint density at radius 3 is 1.19 bits per heavy atom. The van der Waals surface area contributed by atoms with Crippen LogP contribution in [0.15, 0.2) is 12.4 Å². The number of hydrogen-bond donors (Lipinski definition) is 0. The van der Waals surface area contributed by atoms with Gasteiger partial charge in [-0.1, -0.05) is 6.92 Å². The highest BCUT2D eigenvalue weighted by atomic mass is 19.4. The molecule has 13 heteroatoms. The Morgan fingerprint density at radius 1 is 0.857 bits per heavy atom. The molecule has 0 atom stereocenters. The fourth-order valence-corrected chi connectivity index (χ4v) is 0.164. The van der Waals surface area contributed by atoms with E-state index >= 15 is 0 Å². The van der Waals surface area contributed by atoms with E-state index in [9.17, 15) is 52.7 Å². The number of rotatable bonds is 1. The van der Waals surface area contributed by atoms with Gasteiger partial charge in [-0.2, -0.15) is 35.1 Å². The maximum absolute atomic E-state index is 11.0. The van der Waals surface area contributed by atoms with Gasteiger partial charge in [0, 0.05) is 6.42 Å². The van der Waals surface area contributed by atoms with Gasteiger partial charge in [0.2, 0.25) is 0 Å². The summed E-state index contributed by atoms with van der Waals surface area (Å²) in [6.45, 7) is -1.21. The van der Waals surface area contributed by atoms with Gasteiger partial charge in [0.15, 0.2) is 12.9 Å². The summed E-state index contributed by atoms with van der Waals surface area (Å²) in [7, 11) is 0. The molecule has 0 heterocycles. The minimum atomic E-state index is -5.21. The normalized spacial score (nSPS) is 11.7. The Labute approximate surface area is 110 Å². The second kappa shape index (κ2) is 10.6. The third-order valence-corrected chi connectivity index (χ3v) is 0.883. The lowest BCUT2D eigenvalue weighted by atomic mass is 10.5. The summed E-state index contributed by atoms with van der Waals surface area (Å²) < 4.78 is 131. The summed E-state index contributed by atoms with van der Waals surface area (Å²) in [5.74, 6) is 0. The summed E-state index contributed by atoms with van der Waals surface area (Å²) in [4.78, 5) is 0. The van der Waals surface area contributed by atoms with Crippen LogP contribution in [0.25, 0.3) is 0 Å². The number of hydrogen-bond acceptors (Lipinski definition) is 1. The topological polar surface area (TPSA) is 9.23 Å². The first-order valence-corrected chi connectivity index (χ1v) is 4.49. The minimum Gasteiger partial charge on any atom is -0.282 e. The highest BCUT2D eigenvalue weighted by Gasteiger charge is 2.37. The van der Waals surface area contributed by atoms with Crippen LogP contribution in [-0.4, -0.2) is 25.3 Å². The van der Waals surface area contributed by atoms with Crippen LogP contribution in [0.2, 0.25) is 0 Å². The molecule has 0 radical (unpaired) electrons. The van der Waals surface area contributed by atoms with Crippen molar-refractivity contribution in [3.63, 3.8) is 0 Å². The van der Waals surface area contributed by atoms with Crippen LogP contribution in [0.1, 0.15) is 13.3 Å². The molecule has 0 unspecified atom stereocenters. The van der Waals surface area contributed by atoms with Crippen LogP contribution in [-0.2, 0) is 4.74 Å². The quantitative estimate of drug-likeness (QED) is 0.549. The second-order valence-corrected chi connectivity index (χ2v) is 2.72. The van der Waals surface area contributed by atoms with Gasteiger partial charge < -0.3 is 0 Å². The summed E-state index contributed by atoms with van der Waals surface area (Å²) in [5.41, 5.74) is 0. The molecule has 0 saturated carbocycles. The zero-order valence-electron chi connectivity index (χ0n) is 9.94. The van der Waals surface area contributed by atoms with Crippen molar-refractivity contribution in [3.8, 4) is 0 Å². The lowest BCUT2D eigenvalue weighted by molar-refractivity contribution is -0.352. The highest BCUT2D eigenvalue weighted by Crippen LogP contribution is 2.22. The third kappa shape index (κ3) is 45.5. The van der Waals surface area contributed by atoms with Gasteiger partial charge in [-0.3, -0.25) is 4.74 Å². The van der Waals surface area contributed by atoms with Crippen molar-refractivity contribution in [1.82, 2.24) is 0 Å². The molecule has 0 aliphatic heterocycles. The SMILES string of the molecule is CCC(F)(F)F.FC(F)(F)COC(F)(F)F.FC=C(F)F. The Morgan fingerprint density at radius 2 is 1.14 bits per heavy atom. The Bertz CT molecular complexity index is 254. The van der Waals surface area contributed by atoms with Crippen molar-refractivity contribution in [3.05, 3.63) is 12.4 Å². The van der Waals surface area contributed by atoms with Crippen molar-refractivity contribution in [1.29, 1.82) is 0 Å². The summed E-state index contributed by atoms with van der Waals surface area (Å²) in [6, 6.07) is 0. The first-order valence-electron chi connectivity index (χ1n) is 4.49. The molecule has 21 heavy (non-hydrogen) atoms. The van der Waals surface area contributed by atoms with Crippen molar-refractivity contribution < 1.29 is 57.4 Å². The zero-order chi connectivity index (χ0) is 17.9. The second-order valence-electron chi connectivity index (χ2n) is 2.72. The molecule has 130 valence electrons. The van der Waals surface area contributed by atoms with Gasteiger partial charge in [-0.05, 0) is 0 Å². The maximum Gasteiger partial charge on any atom is 0.522 e. The third-order valence-electron chi connectivity index (χ3n) is 0.883. The van der Waals surface area contributed by atoms with Gasteiger partial charge in [0.25, 0.3) is 6.08 Å². The van der Waals surface area contributed by atoms with Crippen LogP contribution < -0.4 is 0 Å². The largest absolute Gasteiger partial charge is 0.522 e. The predicted octanol–water partition coefficient (Wildman–Crippen LogP) is 5.74. The average Bonchev–Trinajstić information content (AvgIpc) is 2.25. The monoisotopic (exact) mass is 348 g/mol. The van der Waals surface area contributed by atoms with E-state index in [0.29, 0.717) is 0 Å². The van der Waals surface area contributed by atoms with E-state index < -0.39 is 44.2 Å². The fourth-order valence-electron chi connectivity index (χ4n) is 0.164. The molecule has 1 nitrogen and oxygen atoms in total. The number of halogens is 12. The minimum absolute atomic E-state index is 0.729. The molecule has 0 aromatic heterocycles. The van der Waals surface area contributed by atoms with Crippen LogP contribution in [0.3, 0.4) is 0 Å². The van der Waals surface area contributed by atoms with Crippen LogP contribution in [0.5, 0.6) is 0 Å². The molecular formula is C8H8F12O. The molecule has 0 aromatic carbocycles. The molecular weight excluding hydrogens is 340 g/mol. The number of ether oxygens (including phenoxy) is 1. The molecule has 0 aliphatic rings. The van der Waals surface area contributed by atoms with Crippen LogP contribution in [0.4, 0.5) is 52.7 Å². The van der Waals surface area contributed by atoms with Gasteiger partial charge >= 0.3 is 18.7 Å². The first kappa shape index (κ1) is 24.9. The van der Waals surface area contributed by atoms with E-state index in [4.69, 9.17) is 0 Å². The first-order chi connectivity index (χ1) is 9.04. The Hall–Kier alpha value is -1.14. The van der Waals surface area contributed by atoms with Gasteiger partial charge in [-0.25, -0.2) is 4.39 Å². The van der Waals surface area contributed by atoms with E-state index in [-0.39, 0.29) is 0 Å². The maximum atomic E-state index is 11.0. The van der Waals surface area contributed by atoms with Gasteiger partial charge in [0.1, 0.15) is 0 Å². The Balaban J connectivity index is -0.000000252. The highest BCUT2D eigenvalue weighted by molar-refractivity contribution is 4.66. The van der Waals surface area contributed by atoms with E-state index in [1.807, 2.05) is 0 Å². The molecule has 0 rings (SSSR count). The van der Waals surface area contributed by atoms with Crippen LogP contribution in [0, 0.1) is 0 Å². The molecule has 0 fully saturated rings. The van der Waals surface area contributed by atoms with Gasteiger partial charge in [0.05, 0.1) is 0 Å². The van der Waals surface area contributed by atoms with E-state index in [2.05, 4.69) is 4.74 Å². The lowest BCUT2D eigenvalue weighted by Crippen LogP contribution is -2.24. The van der Waals surface area contributed by atoms with Crippen molar-refractivity contribution >= 4 is 0 Å². The summed E-state index contributed by atoms with van der Waals surface area (Å²) in [6.07, 6.45) is -17.9. The van der Waals surface area contributed by atoms with Crippen molar-refractivity contribution in [2.75, 3.05) is 6.61 Å². The number of alkyl halides is 9. The fraction of sp³-hybridized carbons (Fsp3) is 0.750. The molecule has 0 aliphatic carbocycles. The van der Waals surface area contributed by atoms with E-state index in [0.717, 1.165) is 6.92 Å².